The lowest BCUT2D eigenvalue weighted by molar-refractivity contribution is -0.126. The second-order valence-corrected chi connectivity index (χ2v) is 8.77. The lowest BCUT2D eigenvalue weighted by Gasteiger charge is -2.47. The van der Waals surface area contributed by atoms with Crippen LogP contribution >= 0.6 is 0 Å². The number of hydrogen-bond acceptors (Lipinski definition) is 2. The Hall–Kier alpha value is -3.92. The molecule has 4 nitrogen and oxygen atoms in total. The first-order valence-corrected chi connectivity index (χ1v) is 11.2. The van der Waals surface area contributed by atoms with Crippen LogP contribution in [0.15, 0.2) is 91.0 Å². The third-order valence-electron chi connectivity index (χ3n) is 6.58. The number of benzene rings is 3. The van der Waals surface area contributed by atoms with Gasteiger partial charge in [-0.05, 0) is 43.7 Å². The number of carbonyl (C=O) groups is 2. The highest BCUT2D eigenvalue weighted by molar-refractivity contribution is 6.09. The van der Waals surface area contributed by atoms with E-state index in [0.29, 0.717) is 11.3 Å². The zero-order chi connectivity index (χ0) is 23.1. The minimum Gasteiger partial charge on any atom is -0.344 e. The SMILES string of the molecule is Cc1ccc(C(=O)c2ccc([C@H]3C(=O)N(c4ccc(C)cc4)[C@@H]3c3ccccc3)n2C)cc1. The molecule has 0 unspecified atom stereocenters. The van der Waals surface area contributed by atoms with Crippen molar-refractivity contribution in [3.63, 3.8) is 0 Å². The molecule has 164 valence electrons. The highest BCUT2D eigenvalue weighted by Gasteiger charge is 2.50. The van der Waals surface area contributed by atoms with Crippen LogP contribution in [0.2, 0.25) is 0 Å². The molecule has 3 aromatic carbocycles. The number of anilines is 1. The summed E-state index contributed by atoms with van der Waals surface area (Å²) in [6, 6.07) is 29.4. The Balaban J connectivity index is 1.53. The summed E-state index contributed by atoms with van der Waals surface area (Å²) in [5.74, 6) is -0.344. The average molecular weight is 435 g/mol. The van der Waals surface area contributed by atoms with E-state index in [-0.39, 0.29) is 23.7 Å². The Morgan fingerprint density at radius 2 is 1.36 bits per heavy atom. The van der Waals surface area contributed by atoms with Gasteiger partial charge in [-0.25, -0.2) is 0 Å². The fourth-order valence-electron chi connectivity index (χ4n) is 4.68. The van der Waals surface area contributed by atoms with Crippen LogP contribution in [0.5, 0.6) is 0 Å². The molecule has 33 heavy (non-hydrogen) atoms. The summed E-state index contributed by atoms with van der Waals surface area (Å²) in [5.41, 5.74) is 6.32. The van der Waals surface area contributed by atoms with Crippen LogP contribution in [0.25, 0.3) is 0 Å². The van der Waals surface area contributed by atoms with Crippen molar-refractivity contribution in [1.29, 1.82) is 0 Å². The molecule has 1 aromatic heterocycles. The molecule has 0 aliphatic carbocycles. The predicted octanol–water partition coefficient (Wildman–Crippen LogP) is 5.74. The van der Waals surface area contributed by atoms with Gasteiger partial charge in [0.15, 0.2) is 0 Å². The monoisotopic (exact) mass is 434 g/mol. The zero-order valence-electron chi connectivity index (χ0n) is 19.0. The largest absolute Gasteiger partial charge is 0.344 e. The van der Waals surface area contributed by atoms with Gasteiger partial charge in [-0.2, -0.15) is 0 Å². The molecule has 0 spiro atoms. The molecule has 1 saturated heterocycles. The molecule has 1 aliphatic rings. The molecule has 2 heterocycles. The number of hydrogen-bond donors (Lipinski definition) is 0. The van der Waals surface area contributed by atoms with Crippen LogP contribution < -0.4 is 4.90 Å². The highest BCUT2D eigenvalue weighted by atomic mass is 16.2. The molecule has 2 atom stereocenters. The molecular formula is C29H26N2O2. The number of β-lactam (4-membered cyclic amide) rings is 1. The Morgan fingerprint density at radius 3 is 2.00 bits per heavy atom. The van der Waals surface area contributed by atoms with E-state index in [1.807, 2.05) is 109 Å². The summed E-state index contributed by atoms with van der Waals surface area (Å²) in [6.07, 6.45) is 0. The van der Waals surface area contributed by atoms with Crippen molar-refractivity contribution < 1.29 is 9.59 Å². The van der Waals surface area contributed by atoms with E-state index in [4.69, 9.17) is 0 Å². The molecule has 4 heteroatoms. The molecule has 1 fully saturated rings. The van der Waals surface area contributed by atoms with Crippen molar-refractivity contribution >= 4 is 17.4 Å². The molecular weight excluding hydrogens is 408 g/mol. The number of rotatable bonds is 5. The topological polar surface area (TPSA) is 42.3 Å². The van der Waals surface area contributed by atoms with Gasteiger partial charge in [-0.3, -0.25) is 9.59 Å². The lowest BCUT2D eigenvalue weighted by atomic mass is 9.79. The first-order valence-electron chi connectivity index (χ1n) is 11.2. The Kier molecular flexibility index (Phi) is 5.21. The van der Waals surface area contributed by atoms with Gasteiger partial charge in [0.05, 0.1) is 11.7 Å². The predicted molar refractivity (Wildman–Crippen MR) is 131 cm³/mol. The first-order chi connectivity index (χ1) is 16.0. The summed E-state index contributed by atoms with van der Waals surface area (Å²) < 4.78 is 1.88. The van der Waals surface area contributed by atoms with Crippen molar-refractivity contribution in [3.8, 4) is 0 Å². The number of aromatic nitrogens is 1. The average Bonchev–Trinajstić information content (AvgIpc) is 3.20. The summed E-state index contributed by atoms with van der Waals surface area (Å²) in [4.78, 5) is 28.5. The number of ketones is 1. The Bertz CT molecular complexity index is 1320. The minimum atomic E-state index is -0.349. The van der Waals surface area contributed by atoms with E-state index in [1.165, 1.54) is 0 Å². The highest BCUT2D eigenvalue weighted by Crippen LogP contribution is 2.49. The van der Waals surface area contributed by atoms with Gasteiger partial charge in [0.1, 0.15) is 5.92 Å². The van der Waals surface area contributed by atoms with Crippen LogP contribution in [0.3, 0.4) is 0 Å². The van der Waals surface area contributed by atoms with E-state index < -0.39 is 0 Å². The third kappa shape index (κ3) is 3.58. The van der Waals surface area contributed by atoms with E-state index in [9.17, 15) is 9.59 Å². The van der Waals surface area contributed by atoms with Crippen molar-refractivity contribution in [2.75, 3.05) is 4.90 Å². The van der Waals surface area contributed by atoms with Crippen LogP contribution in [0, 0.1) is 13.8 Å². The summed E-state index contributed by atoms with van der Waals surface area (Å²) in [5, 5.41) is 0. The normalized spacial score (nSPS) is 17.7. The number of nitrogens with zero attached hydrogens (tertiary/aromatic N) is 2. The fraction of sp³-hybridized carbons (Fsp3) is 0.172. The molecule has 0 N–H and O–H groups in total. The Labute approximate surface area is 194 Å². The van der Waals surface area contributed by atoms with Gasteiger partial charge < -0.3 is 9.47 Å². The van der Waals surface area contributed by atoms with E-state index in [2.05, 4.69) is 12.1 Å². The van der Waals surface area contributed by atoms with Crippen LogP contribution in [0.1, 0.15) is 50.4 Å². The zero-order valence-corrected chi connectivity index (χ0v) is 19.0. The van der Waals surface area contributed by atoms with Gasteiger partial charge >= 0.3 is 0 Å². The van der Waals surface area contributed by atoms with Crippen molar-refractivity contribution in [2.45, 2.75) is 25.8 Å². The molecule has 0 radical (unpaired) electrons. The van der Waals surface area contributed by atoms with E-state index in [0.717, 1.165) is 28.1 Å². The maximum atomic E-state index is 13.5. The fourth-order valence-corrected chi connectivity index (χ4v) is 4.68. The number of carbonyl (C=O) groups excluding carboxylic acids is 2. The third-order valence-corrected chi connectivity index (χ3v) is 6.58. The summed E-state index contributed by atoms with van der Waals surface area (Å²) >= 11 is 0. The maximum absolute atomic E-state index is 13.5. The standard InChI is InChI=1S/C29H26N2O2/c1-19-9-13-22(14-10-19)28(32)25-18-17-24(30(25)3)26-27(21-7-5-4-6-8-21)31(29(26)33)23-15-11-20(2)12-16-23/h4-18,26-27H,1-3H3/t26-,27-/m1/s1. The number of amides is 1. The minimum absolute atomic E-state index is 0.0397. The van der Waals surface area contributed by atoms with E-state index in [1.54, 1.807) is 0 Å². The van der Waals surface area contributed by atoms with Crippen LogP contribution in [-0.2, 0) is 11.8 Å². The van der Waals surface area contributed by atoms with Crippen LogP contribution in [0.4, 0.5) is 5.69 Å². The molecule has 0 bridgehead atoms. The van der Waals surface area contributed by atoms with Gasteiger partial charge in [0, 0.05) is 24.0 Å². The quantitative estimate of drug-likeness (QED) is 0.297. The Morgan fingerprint density at radius 1 is 0.758 bits per heavy atom. The second-order valence-electron chi connectivity index (χ2n) is 8.77. The van der Waals surface area contributed by atoms with Gasteiger partial charge in [-0.15, -0.1) is 0 Å². The lowest BCUT2D eigenvalue weighted by Crippen LogP contribution is -2.54. The van der Waals surface area contributed by atoms with Crippen LogP contribution in [-0.4, -0.2) is 16.3 Å². The second kappa shape index (κ2) is 8.21. The van der Waals surface area contributed by atoms with Crippen molar-refractivity contribution in [1.82, 2.24) is 4.57 Å². The molecule has 0 saturated carbocycles. The van der Waals surface area contributed by atoms with Gasteiger partial charge in [-0.1, -0.05) is 77.9 Å². The van der Waals surface area contributed by atoms with Crippen molar-refractivity contribution in [3.05, 3.63) is 125 Å². The van der Waals surface area contributed by atoms with E-state index >= 15 is 0 Å². The smallest absolute Gasteiger partial charge is 0.239 e. The van der Waals surface area contributed by atoms with Crippen molar-refractivity contribution in [2.24, 2.45) is 7.05 Å². The molecule has 5 rings (SSSR count). The maximum Gasteiger partial charge on any atom is 0.239 e. The molecule has 1 aliphatic heterocycles. The summed E-state index contributed by atoms with van der Waals surface area (Å²) in [7, 11) is 1.88. The van der Waals surface area contributed by atoms with Gasteiger partial charge in [0.2, 0.25) is 11.7 Å². The number of aryl methyl sites for hydroxylation is 2. The molecule has 1 amide bonds. The summed E-state index contributed by atoms with van der Waals surface area (Å²) in [6.45, 7) is 4.04. The first kappa shape index (κ1) is 21.0. The van der Waals surface area contributed by atoms with Gasteiger partial charge in [0.25, 0.3) is 0 Å². The molecule has 4 aromatic rings.